The number of aromatic nitrogens is 4. The second-order valence-electron chi connectivity index (χ2n) is 7.76. The van der Waals surface area contributed by atoms with E-state index >= 15 is 0 Å². The van der Waals surface area contributed by atoms with Crippen molar-refractivity contribution in [1.29, 1.82) is 0 Å². The fourth-order valence-electron chi connectivity index (χ4n) is 3.89. The van der Waals surface area contributed by atoms with Crippen molar-refractivity contribution in [2.75, 3.05) is 19.4 Å². The van der Waals surface area contributed by atoms with Gasteiger partial charge in [-0.05, 0) is 30.5 Å². The van der Waals surface area contributed by atoms with Gasteiger partial charge in [-0.25, -0.2) is 9.97 Å². The minimum Gasteiger partial charge on any atom is -0.481 e. The van der Waals surface area contributed by atoms with Crippen LogP contribution >= 0.6 is 0 Å². The van der Waals surface area contributed by atoms with Crippen LogP contribution in [0.1, 0.15) is 47.8 Å². The van der Waals surface area contributed by atoms with Gasteiger partial charge in [0.05, 0.1) is 6.42 Å². The van der Waals surface area contributed by atoms with E-state index in [1.807, 2.05) is 6.07 Å². The average Bonchev–Trinajstić information content (AvgIpc) is 3.35. The van der Waals surface area contributed by atoms with Crippen molar-refractivity contribution in [2.45, 2.75) is 38.1 Å². The van der Waals surface area contributed by atoms with Crippen molar-refractivity contribution in [3.8, 4) is 0 Å². The number of pyridine rings is 1. The molecule has 0 aliphatic heterocycles. The topological polar surface area (TPSA) is 113 Å². The molecule has 1 saturated carbocycles. The number of aliphatic carboxylic acids is 1. The summed E-state index contributed by atoms with van der Waals surface area (Å²) in [7, 11) is 3.49. The molecule has 0 bridgehead atoms. The first-order valence-electron chi connectivity index (χ1n) is 9.96. The Bertz CT molecular complexity index is 1080. The molecule has 0 radical (unpaired) electrons. The molecule has 2 N–H and O–H groups in total. The smallest absolute Gasteiger partial charge is 0.307 e. The number of rotatable bonds is 6. The second kappa shape index (κ2) is 8.10. The van der Waals surface area contributed by atoms with Crippen LogP contribution < -0.4 is 5.32 Å². The molecule has 1 amide bonds. The zero-order chi connectivity index (χ0) is 21.3. The number of nitrogens with zero attached hydrogens (tertiary/aromatic N) is 5. The molecule has 156 valence electrons. The summed E-state index contributed by atoms with van der Waals surface area (Å²) in [6.45, 7) is 0. The molecular formula is C21H24N6O3. The van der Waals surface area contributed by atoms with Crippen LogP contribution in [0.5, 0.6) is 0 Å². The number of anilines is 2. The lowest BCUT2D eigenvalue weighted by Gasteiger charge is -2.19. The van der Waals surface area contributed by atoms with E-state index in [1.165, 1.54) is 6.20 Å². The molecule has 0 saturated heterocycles. The lowest BCUT2D eigenvalue weighted by Crippen LogP contribution is -2.25. The lowest BCUT2D eigenvalue weighted by atomic mass is 10.2. The average molecular weight is 408 g/mol. The zero-order valence-electron chi connectivity index (χ0n) is 17.0. The molecule has 0 atom stereocenters. The molecular weight excluding hydrogens is 384 g/mol. The van der Waals surface area contributed by atoms with Crippen molar-refractivity contribution in [3.63, 3.8) is 0 Å². The highest BCUT2D eigenvalue weighted by atomic mass is 16.4. The van der Waals surface area contributed by atoms with Gasteiger partial charge in [0, 0.05) is 37.9 Å². The van der Waals surface area contributed by atoms with Crippen LogP contribution in [0.25, 0.3) is 11.0 Å². The number of hydrogen-bond donors (Lipinski definition) is 2. The van der Waals surface area contributed by atoms with Gasteiger partial charge in [-0.15, -0.1) is 0 Å². The number of hydrogen-bond acceptors (Lipinski definition) is 6. The standard InChI is InChI=1S/C21H24N6O3/c1-26(2)20(30)16-10-14-12-23-21(25-19(14)27(16)15-5-3-4-6-15)24-17-8-7-13(11-22-17)9-18(28)29/h7-8,10-12,15H,3-6,9H2,1-2H3,(H,28,29)(H,22,23,24,25). The first-order chi connectivity index (χ1) is 14.4. The number of fused-ring (bicyclic) bond motifs is 1. The summed E-state index contributed by atoms with van der Waals surface area (Å²) < 4.78 is 2.06. The SMILES string of the molecule is CN(C)C(=O)c1cc2cnc(Nc3ccc(CC(=O)O)cn3)nc2n1C1CCCC1. The highest BCUT2D eigenvalue weighted by Gasteiger charge is 2.26. The molecule has 30 heavy (non-hydrogen) atoms. The molecule has 1 aliphatic rings. The third-order valence-corrected chi connectivity index (χ3v) is 5.31. The van der Waals surface area contributed by atoms with E-state index in [0.29, 0.717) is 23.0 Å². The number of carbonyl (C=O) groups excluding carboxylic acids is 1. The van der Waals surface area contributed by atoms with Crippen molar-refractivity contribution >= 4 is 34.7 Å². The molecule has 1 aliphatic carbocycles. The van der Waals surface area contributed by atoms with E-state index in [-0.39, 0.29) is 18.4 Å². The molecule has 4 rings (SSSR count). The summed E-state index contributed by atoms with van der Waals surface area (Å²) in [5, 5.41) is 12.8. The van der Waals surface area contributed by atoms with Gasteiger partial charge in [0.15, 0.2) is 0 Å². The van der Waals surface area contributed by atoms with E-state index in [9.17, 15) is 9.59 Å². The minimum atomic E-state index is -0.901. The summed E-state index contributed by atoms with van der Waals surface area (Å²) in [4.78, 5) is 38.4. The third kappa shape index (κ3) is 3.96. The van der Waals surface area contributed by atoms with Crippen LogP contribution in [0, 0.1) is 0 Å². The highest BCUT2D eigenvalue weighted by molar-refractivity contribution is 5.97. The second-order valence-corrected chi connectivity index (χ2v) is 7.76. The van der Waals surface area contributed by atoms with Gasteiger partial charge < -0.3 is 19.9 Å². The summed E-state index contributed by atoms with van der Waals surface area (Å²) >= 11 is 0. The third-order valence-electron chi connectivity index (χ3n) is 5.31. The van der Waals surface area contributed by atoms with Crippen molar-refractivity contribution in [3.05, 3.63) is 41.9 Å². The largest absolute Gasteiger partial charge is 0.481 e. The minimum absolute atomic E-state index is 0.0508. The Kier molecular flexibility index (Phi) is 5.35. The van der Waals surface area contributed by atoms with Crippen LogP contribution in [-0.2, 0) is 11.2 Å². The fourth-order valence-corrected chi connectivity index (χ4v) is 3.89. The van der Waals surface area contributed by atoms with Crippen molar-refractivity contribution in [1.82, 2.24) is 24.4 Å². The molecule has 0 aromatic carbocycles. The van der Waals surface area contributed by atoms with Gasteiger partial charge in [-0.1, -0.05) is 18.9 Å². The normalized spacial score (nSPS) is 14.2. The van der Waals surface area contributed by atoms with Crippen molar-refractivity contribution in [2.24, 2.45) is 0 Å². The quantitative estimate of drug-likeness (QED) is 0.644. The summed E-state index contributed by atoms with van der Waals surface area (Å²) in [5.74, 6) is -0.0543. The molecule has 3 aromatic heterocycles. The Hall–Kier alpha value is -3.49. The number of amides is 1. The van der Waals surface area contributed by atoms with Crippen LogP contribution in [0.15, 0.2) is 30.6 Å². The van der Waals surface area contributed by atoms with Crippen LogP contribution in [0.4, 0.5) is 11.8 Å². The molecule has 9 heteroatoms. The van der Waals surface area contributed by atoms with Gasteiger partial charge >= 0.3 is 5.97 Å². The first-order valence-corrected chi connectivity index (χ1v) is 9.96. The van der Waals surface area contributed by atoms with E-state index < -0.39 is 5.97 Å². The molecule has 0 unspecified atom stereocenters. The number of carboxylic acid groups (broad SMARTS) is 1. The van der Waals surface area contributed by atoms with E-state index in [2.05, 4.69) is 24.8 Å². The van der Waals surface area contributed by atoms with Gasteiger partial charge in [-0.2, -0.15) is 4.98 Å². The Labute approximate surface area is 173 Å². The molecule has 3 heterocycles. The fraction of sp³-hybridized carbons (Fsp3) is 0.381. The number of carbonyl (C=O) groups is 2. The Balaban J connectivity index is 1.68. The van der Waals surface area contributed by atoms with Crippen LogP contribution in [0.2, 0.25) is 0 Å². The van der Waals surface area contributed by atoms with Crippen molar-refractivity contribution < 1.29 is 14.7 Å². The lowest BCUT2D eigenvalue weighted by molar-refractivity contribution is -0.136. The summed E-state index contributed by atoms with van der Waals surface area (Å²) in [6.07, 6.45) is 7.48. The molecule has 1 fully saturated rings. The monoisotopic (exact) mass is 408 g/mol. The summed E-state index contributed by atoms with van der Waals surface area (Å²) in [5.41, 5.74) is 1.97. The van der Waals surface area contributed by atoms with Crippen LogP contribution in [0.3, 0.4) is 0 Å². The Morgan fingerprint density at radius 3 is 2.60 bits per heavy atom. The van der Waals surface area contributed by atoms with Gasteiger partial charge in [0.2, 0.25) is 5.95 Å². The summed E-state index contributed by atoms with van der Waals surface area (Å²) in [6, 6.07) is 5.51. The van der Waals surface area contributed by atoms with Gasteiger partial charge in [-0.3, -0.25) is 9.59 Å². The maximum absolute atomic E-state index is 12.8. The number of nitrogens with one attached hydrogen (secondary N) is 1. The van der Waals surface area contributed by atoms with E-state index in [1.54, 1.807) is 37.3 Å². The van der Waals surface area contributed by atoms with Crippen LogP contribution in [-0.4, -0.2) is 55.5 Å². The van der Waals surface area contributed by atoms with Gasteiger partial charge in [0.25, 0.3) is 5.91 Å². The molecule has 9 nitrogen and oxygen atoms in total. The van der Waals surface area contributed by atoms with E-state index in [0.717, 1.165) is 36.7 Å². The van der Waals surface area contributed by atoms with Gasteiger partial charge in [0.1, 0.15) is 17.2 Å². The highest BCUT2D eigenvalue weighted by Crippen LogP contribution is 2.34. The predicted octanol–water partition coefficient (Wildman–Crippen LogP) is 3.01. The maximum atomic E-state index is 12.8. The molecule has 3 aromatic rings. The Morgan fingerprint density at radius 2 is 1.97 bits per heavy atom. The first kappa shape index (κ1) is 19.8. The predicted molar refractivity (Wildman–Crippen MR) is 112 cm³/mol. The number of carboxylic acids is 1. The molecule has 0 spiro atoms. The Morgan fingerprint density at radius 1 is 1.20 bits per heavy atom. The zero-order valence-corrected chi connectivity index (χ0v) is 17.0. The van der Waals surface area contributed by atoms with E-state index in [4.69, 9.17) is 5.11 Å². The maximum Gasteiger partial charge on any atom is 0.307 e.